The van der Waals surface area contributed by atoms with Gasteiger partial charge in [-0.3, -0.25) is 4.98 Å². The number of aliphatic hydroxyl groups is 1. The lowest BCUT2D eigenvalue weighted by molar-refractivity contribution is 0.223. The molecule has 0 aliphatic rings. The first-order valence-corrected chi connectivity index (χ1v) is 5.09. The van der Waals surface area contributed by atoms with Crippen molar-refractivity contribution in [3.63, 3.8) is 0 Å². The largest absolute Gasteiger partial charge is 0.383 e. The van der Waals surface area contributed by atoms with Crippen molar-refractivity contribution in [2.45, 2.75) is 13.0 Å². The SMILES string of the molecule is Cc1ncc(C(O)c2cccnc2)s1. The summed E-state index contributed by atoms with van der Waals surface area (Å²) >= 11 is 1.50. The summed E-state index contributed by atoms with van der Waals surface area (Å²) in [5, 5.41) is 10.9. The highest BCUT2D eigenvalue weighted by Crippen LogP contribution is 2.25. The van der Waals surface area contributed by atoms with E-state index in [0.717, 1.165) is 15.4 Å². The molecule has 3 nitrogen and oxygen atoms in total. The third-order valence-electron chi connectivity index (χ3n) is 1.91. The van der Waals surface area contributed by atoms with Crippen LogP contribution in [0.2, 0.25) is 0 Å². The molecule has 4 heteroatoms. The van der Waals surface area contributed by atoms with Crippen molar-refractivity contribution in [3.05, 3.63) is 46.2 Å². The molecule has 0 radical (unpaired) electrons. The minimum Gasteiger partial charge on any atom is -0.383 e. The standard InChI is InChI=1S/C10H10N2OS/c1-7-12-6-9(14-7)10(13)8-3-2-4-11-5-8/h2-6,10,13H,1H3. The van der Waals surface area contributed by atoms with E-state index in [-0.39, 0.29) is 0 Å². The Bertz CT molecular complexity index is 413. The minimum atomic E-state index is -0.602. The van der Waals surface area contributed by atoms with Crippen LogP contribution in [0.15, 0.2) is 30.7 Å². The van der Waals surface area contributed by atoms with Crippen LogP contribution < -0.4 is 0 Å². The number of nitrogens with zero attached hydrogens (tertiary/aromatic N) is 2. The second kappa shape index (κ2) is 3.86. The Morgan fingerprint density at radius 2 is 2.29 bits per heavy atom. The van der Waals surface area contributed by atoms with Crippen molar-refractivity contribution in [3.8, 4) is 0 Å². The summed E-state index contributed by atoms with van der Waals surface area (Å²) in [6.45, 7) is 1.92. The van der Waals surface area contributed by atoms with E-state index in [1.807, 2.05) is 19.1 Å². The number of pyridine rings is 1. The Labute approximate surface area is 86.1 Å². The Morgan fingerprint density at radius 3 is 2.86 bits per heavy atom. The number of thiazole rings is 1. The normalized spacial score (nSPS) is 12.7. The van der Waals surface area contributed by atoms with Gasteiger partial charge in [-0.05, 0) is 13.0 Å². The van der Waals surface area contributed by atoms with Gasteiger partial charge in [0.2, 0.25) is 0 Å². The van der Waals surface area contributed by atoms with Crippen LogP contribution in [0.4, 0.5) is 0 Å². The van der Waals surface area contributed by atoms with Crippen molar-refractivity contribution in [2.24, 2.45) is 0 Å². The van der Waals surface area contributed by atoms with Gasteiger partial charge in [-0.2, -0.15) is 0 Å². The molecule has 1 N–H and O–H groups in total. The number of aliphatic hydroxyl groups excluding tert-OH is 1. The minimum absolute atomic E-state index is 0.602. The third-order valence-corrected chi connectivity index (χ3v) is 2.87. The zero-order valence-corrected chi connectivity index (χ0v) is 8.53. The molecule has 0 saturated carbocycles. The summed E-state index contributed by atoms with van der Waals surface area (Å²) in [6.07, 6.45) is 4.46. The molecule has 0 amide bonds. The van der Waals surface area contributed by atoms with Gasteiger partial charge >= 0.3 is 0 Å². The van der Waals surface area contributed by atoms with E-state index < -0.39 is 6.10 Å². The Kier molecular flexibility index (Phi) is 2.56. The van der Waals surface area contributed by atoms with Crippen LogP contribution in [0.25, 0.3) is 0 Å². The van der Waals surface area contributed by atoms with Gasteiger partial charge in [-0.25, -0.2) is 4.98 Å². The molecular formula is C10H10N2OS. The molecular weight excluding hydrogens is 196 g/mol. The number of rotatable bonds is 2. The highest BCUT2D eigenvalue weighted by molar-refractivity contribution is 7.11. The summed E-state index contributed by atoms with van der Waals surface area (Å²) in [6, 6.07) is 3.67. The number of aromatic nitrogens is 2. The van der Waals surface area contributed by atoms with E-state index in [2.05, 4.69) is 9.97 Å². The Morgan fingerprint density at radius 1 is 1.43 bits per heavy atom. The van der Waals surface area contributed by atoms with Crippen molar-refractivity contribution in [1.82, 2.24) is 9.97 Å². The van der Waals surface area contributed by atoms with Gasteiger partial charge in [0, 0.05) is 24.2 Å². The van der Waals surface area contributed by atoms with Gasteiger partial charge in [0.1, 0.15) is 6.10 Å². The molecule has 14 heavy (non-hydrogen) atoms. The quantitative estimate of drug-likeness (QED) is 0.816. The number of hydrogen-bond acceptors (Lipinski definition) is 4. The molecule has 0 bridgehead atoms. The Hall–Kier alpha value is -1.26. The van der Waals surface area contributed by atoms with Crippen LogP contribution in [-0.4, -0.2) is 15.1 Å². The average Bonchev–Trinajstić information content (AvgIpc) is 2.65. The molecule has 1 unspecified atom stereocenters. The lowest BCUT2D eigenvalue weighted by Crippen LogP contribution is -1.96. The number of aryl methyl sites for hydroxylation is 1. The van der Waals surface area contributed by atoms with E-state index in [1.165, 1.54) is 11.3 Å². The zero-order chi connectivity index (χ0) is 9.97. The molecule has 2 rings (SSSR count). The van der Waals surface area contributed by atoms with Gasteiger partial charge in [-0.15, -0.1) is 11.3 Å². The lowest BCUT2D eigenvalue weighted by Gasteiger charge is -2.06. The summed E-state index contributed by atoms with van der Waals surface area (Å²) in [4.78, 5) is 8.92. The fourth-order valence-electron chi connectivity index (χ4n) is 1.21. The van der Waals surface area contributed by atoms with E-state index in [0.29, 0.717) is 0 Å². The molecule has 0 saturated heterocycles. The van der Waals surface area contributed by atoms with Gasteiger partial charge in [0.05, 0.1) is 9.88 Å². The van der Waals surface area contributed by atoms with Gasteiger partial charge in [0.25, 0.3) is 0 Å². The van der Waals surface area contributed by atoms with Crippen LogP contribution in [-0.2, 0) is 0 Å². The topological polar surface area (TPSA) is 46.0 Å². The van der Waals surface area contributed by atoms with Crippen LogP contribution in [0.1, 0.15) is 21.6 Å². The van der Waals surface area contributed by atoms with Gasteiger partial charge < -0.3 is 5.11 Å². The first-order valence-electron chi connectivity index (χ1n) is 4.27. The highest BCUT2D eigenvalue weighted by Gasteiger charge is 2.12. The molecule has 0 fully saturated rings. The molecule has 0 aliphatic carbocycles. The molecule has 0 spiro atoms. The summed E-state index contributed by atoms with van der Waals surface area (Å²) < 4.78 is 0. The highest BCUT2D eigenvalue weighted by atomic mass is 32.1. The maximum absolute atomic E-state index is 9.94. The molecule has 2 aromatic rings. The van der Waals surface area contributed by atoms with Crippen LogP contribution >= 0.6 is 11.3 Å². The fourth-order valence-corrected chi connectivity index (χ4v) is 2.01. The maximum Gasteiger partial charge on any atom is 0.116 e. The van der Waals surface area contributed by atoms with Gasteiger partial charge in [0.15, 0.2) is 0 Å². The summed E-state index contributed by atoms with van der Waals surface area (Å²) in [5.74, 6) is 0. The summed E-state index contributed by atoms with van der Waals surface area (Å²) in [5.41, 5.74) is 0.802. The van der Waals surface area contributed by atoms with Crippen molar-refractivity contribution >= 4 is 11.3 Å². The molecule has 2 aromatic heterocycles. The molecule has 0 aliphatic heterocycles. The first-order chi connectivity index (χ1) is 6.77. The maximum atomic E-state index is 9.94. The van der Waals surface area contributed by atoms with E-state index in [4.69, 9.17) is 0 Å². The van der Waals surface area contributed by atoms with Crippen molar-refractivity contribution in [1.29, 1.82) is 0 Å². The molecule has 0 aromatic carbocycles. The Balaban J connectivity index is 2.29. The van der Waals surface area contributed by atoms with Crippen LogP contribution in [0, 0.1) is 6.92 Å². The predicted octanol–water partition coefficient (Wildman–Crippen LogP) is 1.93. The van der Waals surface area contributed by atoms with Crippen molar-refractivity contribution in [2.75, 3.05) is 0 Å². The lowest BCUT2D eigenvalue weighted by atomic mass is 10.1. The van der Waals surface area contributed by atoms with Crippen LogP contribution in [0.3, 0.4) is 0 Å². The van der Waals surface area contributed by atoms with Gasteiger partial charge in [-0.1, -0.05) is 6.07 Å². The monoisotopic (exact) mass is 206 g/mol. The molecule has 72 valence electrons. The summed E-state index contributed by atoms with van der Waals surface area (Å²) in [7, 11) is 0. The van der Waals surface area contributed by atoms with E-state index >= 15 is 0 Å². The molecule has 2 heterocycles. The molecule has 1 atom stereocenters. The third kappa shape index (κ3) is 1.81. The van der Waals surface area contributed by atoms with E-state index in [9.17, 15) is 5.11 Å². The van der Waals surface area contributed by atoms with E-state index in [1.54, 1.807) is 18.6 Å². The average molecular weight is 206 g/mol. The first kappa shape index (κ1) is 9.30. The number of hydrogen-bond donors (Lipinski definition) is 1. The smallest absolute Gasteiger partial charge is 0.116 e. The zero-order valence-electron chi connectivity index (χ0n) is 7.71. The predicted molar refractivity (Wildman–Crippen MR) is 55.1 cm³/mol. The van der Waals surface area contributed by atoms with Crippen LogP contribution in [0.5, 0.6) is 0 Å². The van der Waals surface area contributed by atoms with Crippen molar-refractivity contribution < 1.29 is 5.11 Å². The second-order valence-corrected chi connectivity index (χ2v) is 4.24. The fraction of sp³-hybridized carbons (Fsp3) is 0.200. The second-order valence-electron chi connectivity index (χ2n) is 2.97.